The topological polar surface area (TPSA) is 82.9 Å². The fraction of sp³-hybridized carbons (Fsp3) is 0.375. The summed E-state index contributed by atoms with van der Waals surface area (Å²) >= 11 is 0. The van der Waals surface area contributed by atoms with Gasteiger partial charge in [-0.1, -0.05) is 24.3 Å². The van der Waals surface area contributed by atoms with Gasteiger partial charge in [0.1, 0.15) is 5.75 Å². The molecular formula is C24H27N3O5. The lowest BCUT2D eigenvalue weighted by molar-refractivity contribution is -0.153. The summed E-state index contributed by atoms with van der Waals surface area (Å²) in [5.41, 5.74) is 2.37. The number of aromatic nitrogens is 2. The number of hydrogen-bond acceptors (Lipinski definition) is 6. The van der Waals surface area contributed by atoms with Crippen molar-refractivity contribution in [3.63, 3.8) is 0 Å². The van der Waals surface area contributed by atoms with Crippen molar-refractivity contribution < 1.29 is 23.8 Å². The largest absolute Gasteiger partial charge is 0.497 e. The number of hydrogen-bond donors (Lipinski definition) is 0. The molecule has 2 atom stereocenters. The number of carbonyl (C=O) groups is 2. The van der Waals surface area contributed by atoms with Crippen LogP contribution < -0.4 is 9.64 Å². The zero-order valence-corrected chi connectivity index (χ0v) is 18.5. The summed E-state index contributed by atoms with van der Waals surface area (Å²) < 4.78 is 17.9. The van der Waals surface area contributed by atoms with Crippen LogP contribution in [0.1, 0.15) is 24.9 Å². The predicted molar refractivity (Wildman–Crippen MR) is 120 cm³/mol. The molecule has 1 amide bonds. The van der Waals surface area contributed by atoms with Gasteiger partial charge in [0.25, 0.3) is 0 Å². The van der Waals surface area contributed by atoms with Gasteiger partial charge in [-0.15, -0.1) is 0 Å². The molecule has 3 aromatic rings. The minimum atomic E-state index is -1.05. The number of rotatable bonds is 8. The number of amides is 1. The highest BCUT2D eigenvalue weighted by atomic mass is 16.5. The molecule has 1 aromatic heterocycles. The number of ether oxygens (including phenoxy) is 3. The second-order valence-electron chi connectivity index (χ2n) is 7.56. The maximum Gasteiger partial charge on any atom is 0.321 e. The highest BCUT2D eigenvalue weighted by molar-refractivity contribution is 6.08. The lowest BCUT2D eigenvalue weighted by atomic mass is 9.89. The van der Waals surface area contributed by atoms with Crippen LogP contribution in [0.5, 0.6) is 5.75 Å². The van der Waals surface area contributed by atoms with Gasteiger partial charge in [0.05, 0.1) is 30.8 Å². The lowest BCUT2D eigenvalue weighted by Crippen LogP contribution is -2.50. The maximum atomic E-state index is 13.7. The average molecular weight is 437 g/mol. The van der Waals surface area contributed by atoms with Gasteiger partial charge in [-0.05, 0) is 43.2 Å². The molecule has 0 bridgehead atoms. The number of para-hydroxylation sites is 2. The van der Waals surface area contributed by atoms with Crippen LogP contribution in [0.3, 0.4) is 0 Å². The molecule has 0 unspecified atom stereocenters. The fourth-order valence-electron chi connectivity index (χ4n) is 4.25. The maximum absolute atomic E-state index is 13.7. The quantitative estimate of drug-likeness (QED) is 0.306. The average Bonchev–Trinajstić information content (AvgIpc) is 3.19. The molecule has 8 nitrogen and oxygen atoms in total. The summed E-state index contributed by atoms with van der Waals surface area (Å²) in [4.78, 5) is 33.2. The molecule has 0 spiro atoms. The Balaban J connectivity index is 1.94. The van der Waals surface area contributed by atoms with Crippen LogP contribution in [0.2, 0.25) is 0 Å². The van der Waals surface area contributed by atoms with Gasteiger partial charge in [0.2, 0.25) is 11.9 Å². The molecule has 0 aliphatic carbocycles. The highest BCUT2D eigenvalue weighted by Crippen LogP contribution is 2.41. The zero-order chi connectivity index (χ0) is 22.7. The Morgan fingerprint density at radius 1 is 1.12 bits per heavy atom. The van der Waals surface area contributed by atoms with Crippen LogP contribution in [-0.2, 0) is 19.1 Å². The van der Waals surface area contributed by atoms with E-state index in [1.54, 1.807) is 26.0 Å². The monoisotopic (exact) mass is 437 g/mol. The van der Waals surface area contributed by atoms with Crippen molar-refractivity contribution in [2.24, 2.45) is 5.92 Å². The number of fused-ring (bicyclic) bond motifs is 3. The van der Waals surface area contributed by atoms with Gasteiger partial charge >= 0.3 is 5.97 Å². The van der Waals surface area contributed by atoms with Gasteiger partial charge in [-0.2, -0.15) is 0 Å². The number of imidazole rings is 1. The van der Waals surface area contributed by atoms with Crippen molar-refractivity contribution in [3.8, 4) is 5.75 Å². The first-order valence-corrected chi connectivity index (χ1v) is 10.7. The van der Waals surface area contributed by atoms with E-state index < -0.39 is 17.9 Å². The fourth-order valence-corrected chi connectivity index (χ4v) is 4.25. The Labute approximate surface area is 186 Å². The first kappa shape index (κ1) is 21.8. The second kappa shape index (κ2) is 9.40. The summed E-state index contributed by atoms with van der Waals surface area (Å²) in [7, 11) is 3.21. The van der Waals surface area contributed by atoms with E-state index in [-0.39, 0.29) is 12.5 Å². The van der Waals surface area contributed by atoms with Gasteiger partial charge in [-0.3, -0.25) is 14.5 Å². The summed E-state index contributed by atoms with van der Waals surface area (Å²) in [6.07, 6.45) is 0.616. The molecule has 32 heavy (non-hydrogen) atoms. The number of benzene rings is 2. The van der Waals surface area contributed by atoms with Crippen molar-refractivity contribution in [1.82, 2.24) is 9.55 Å². The summed E-state index contributed by atoms with van der Waals surface area (Å²) in [5, 5.41) is 0. The molecule has 8 heteroatoms. The Bertz CT molecular complexity index is 1130. The number of nitrogens with zero attached hydrogens (tertiary/aromatic N) is 3. The molecule has 4 rings (SSSR count). The van der Waals surface area contributed by atoms with Crippen LogP contribution in [0.25, 0.3) is 11.0 Å². The van der Waals surface area contributed by atoms with Gasteiger partial charge in [-0.25, -0.2) is 4.98 Å². The van der Waals surface area contributed by atoms with E-state index in [1.165, 1.54) is 0 Å². The standard InChI is InChI=1S/C24H27N3O5/c1-4-32-23(29)20-21(16-9-7-10-17(15-16)31-3)27-19-12-6-5-11-18(19)25-24(27)26(22(20)28)13-8-14-30-2/h5-7,9-12,15,20-21H,4,8,13-14H2,1-3H3/t20-,21+/m1/s1. The molecule has 0 fully saturated rings. The van der Waals surface area contributed by atoms with Crippen molar-refractivity contribution >= 4 is 28.9 Å². The molecule has 1 aliphatic heterocycles. The van der Waals surface area contributed by atoms with E-state index in [1.807, 2.05) is 53.1 Å². The third-order valence-corrected chi connectivity index (χ3v) is 5.65. The molecule has 0 saturated carbocycles. The Morgan fingerprint density at radius 3 is 2.69 bits per heavy atom. The van der Waals surface area contributed by atoms with Crippen LogP contribution in [0, 0.1) is 5.92 Å². The van der Waals surface area contributed by atoms with Crippen LogP contribution in [-0.4, -0.2) is 55.4 Å². The van der Waals surface area contributed by atoms with Gasteiger partial charge in [0.15, 0.2) is 5.92 Å². The summed E-state index contributed by atoms with van der Waals surface area (Å²) in [5.74, 6) is -0.762. The molecule has 168 valence electrons. The van der Waals surface area contributed by atoms with Gasteiger partial charge < -0.3 is 18.8 Å². The van der Waals surface area contributed by atoms with Crippen molar-refractivity contribution in [2.75, 3.05) is 38.9 Å². The van der Waals surface area contributed by atoms with E-state index in [0.717, 1.165) is 16.6 Å². The summed E-state index contributed by atoms with van der Waals surface area (Å²) in [6, 6.07) is 14.5. The number of carbonyl (C=O) groups excluding carboxylic acids is 2. The second-order valence-corrected chi connectivity index (χ2v) is 7.56. The molecule has 2 aromatic carbocycles. The molecule has 0 N–H and O–H groups in total. The molecular weight excluding hydrogens is 410 g/mol. The van der Waals surface area contributed by atoms with E-state index in [2.05, 4.69) is 0 Å². The first-order chi connectivity index (χ1) is 15.6. The first-order valence-electron chi connectivity index (χ1n) is 10.7. The lowest BCUT2D eigenvalue weighted by Gasteiger charge is -2.38. The Morgan fingerprint density at radius 2 is 1.94 bits per heavy atom. The zero-order valence-electron chi connectivity index (χ0n) is 18.5. The molecule has 2 heterocycles. The van der Waals surface area contributed by atoms with Gasteiger partial charge in [0, 0.05) is 20.3 Å². The number of methoxy groups -OCH3 is 2. The van der Waals surface area contributed by atoms with Crippen LogP contribution >= 0.6 is 0 Å². The highest BCUT2D eigenvalue weighted by Gasteiger charge is 2.47. The molecule has 0 saturated heterocycles. The normalized spacial score (nSPS) is 18.0. The van der Waals surface area contributed by atoms with E-state index in [0.29, 0.717) is 31.3 Å². The van der Waals surface area contributed by atoms with E-state index in [9.17, 15) is 9.59 Å². The van der Waals surface area contributed by atoms with Crippen molar-refractivity contribution in [3.05, 3.63) is 54.1 Å². The van der Waals surface area contributed by atoms with Crippen LogP contribution in [0.15, 0.2) is 48.5 Å². The summed E-state index contributed by atoms with van der Waals surface area (Å²) in [6.45, 7) is 2.80. The van der Waals surface area contributed by atoms with Crippen LogP contribution in [0.4, 0.5) is 5.95 Å². The van der Waals surface area contributed by atoms with Crippen molar-refractivity contribution in [2.45, 2.75) is 19.4 Å². The number of esters is 1. The van der Waals surface area contributed by atoms with E-state index >= 15 is 0 Å². The smallest absolute Gasteiger partial charge is 0.321 e. The third kappa shape index (κ3) is 3.82. The Kier molecular flexibility index (Phi) is 6.41. The minimum absolute atomic E-state index is 0.189. The minimum Gasteiger partial charge on any atom is -0.497 e. The van der Waals surface area contributed by atoms with E-state index in [4.69, 9.17) is 19.2 Å². The SMILES string of the molecule is CCOC(=O)[C@H]1C(=O)N(CCCOC)c2nc3ccccc3n2[C@H]1c1cccc(OC)c1. The Hall–Kier alpha value is -3.39. The number of anilines is 1. The molecule has 0 radical (unpaired) electrons. The van der Waals surface area contributed by atoms with Crippen molar-refractivity contribution in [1.29, 1.82) is 0 Å². The molecule has 1 aliphatic rings. The predicted octanol–water partition coefficient (Wildman–Crippen LogP) is 3.20. The third-order valence-electron chi connectivity index (χ3n) is 5.65.